The zero-order chi connectivity index (χ0) is 10.1. The third-order valence-corrected chi connectivity index (χ3v) is 1.81. The van der Waals surface area contributed by atoms with Crippen molar-refractivity contribution >= 4 is 15.9 Å². The molecule has 0 saturated heterocycles. The molecular formula is C8H10BrN3O. The van der Waals surface area contributed by atoms with Crippen LogP contribution in [-0.2, 0) is 7.05 Å². The zero-order valence-corrected chi connectivity index (χ0v) is 9.25. The minimum absolute atomic E-state index is 0.590. The van der Waals surface area contributed by atoms with Gasteiger partial charge in [0.1, 0.15) is 11.3 Å². The molecule has 0 atom stereocenters. The van der Waals surface area contributed by atoms with Crippen molar-refractivity contribution in [1.29, 1.82) is 0 Å². The normalized spacial score (nSPS) is 10.8. The number of rotatable bonds is 0. The molecule has 0 aliphatic rings. The summed E-state index contributed by atoms with van der Waals surface area (Å²) in [6, 6.07) is 0. The Labute approximate surface area is 85.1 Å². The molecule has 4 nitrogen and oxygen atoms in total. The fourth-order valence-corrected chi connectivity index (χ4v) is 1.10. The number of aryl methyl sites for hydroxylation is 1. The molecule has 0 aliphatic carbocycles. The molecule has 13 heavy (non-hydrogen) atoms. The fourth-order valence-electron chi connectivity index (χ4n) is 0.677. The van der Waals surface area contributed by atoms with Gasteiger partial charge in [0.05, 0.1) is 0 Å². The van der Waals surface area contributed by atoms with E-state index >= 15 is 0 Å². The molecule has 1 rings (SSSR count). The van der Waals surface area contributed by atoms with Gasteiger partial charge in [-0.05, 0) is 35.7 Å². The summed E-state index contributed by atoms with van der Waals surface area (Å²) in [6.07, 6.45) is 0. The highest BCUT2D eigenvalue weighted by Crippen LogP contribution is 2.10. The van der Waals surface area contributed by atoms with Crippen LogP contribution < -0.4 is 0 Å². The number of aliphatic hydroxyl groups is 1. The summed E-state index contributed by atoms with van der Waals surface area (Å²) in [6.45, 7) is 3.25. The molecule has 0 aliphatic heterocycles. The molecule has 0 spiro atoms. The molecule has 1 heterocycles. The minimum atomic E-state index is -0.996. The third kappa shape index (κ3) is 2.83. The van der Waals surface area contributed by atoms with Crippen LogP contribution in [0.15, 0.2) is 4.60 Å². The topological polar surface area (TPSA) is 50.9 Å². The number of aromatic nitrogens is 3. The molecule has 1 N–H and O–H groups in total. The summed E-state index contributed by atoms with van der Waals surface area (Å²) in [4.78, 5) is 0. The molecule has 5 heteroatoms. The predicted octanol–water partition coefficient (Wildman–Crippen LogP) is 0.700. The first-order valence-electron chi connectivity index (χ1n) is 3.71. The molecule has 1 aromatic rings. The smallest absolute Gasteiger partial charge is 0.164 e. The van der Waals surface area contributed by atoms with E-state index in [0.717, 1.165) is 0 Å². The van der Waals surface area contributed by atoms with Crippen molar-refractivity contribution in [1.82, 2.24) is 15.0 Å². The van der Waals surface area contributed by atoms with Gasteiger partial charge < -0.3 is 5.11 Å². The Hall–Kier alpha value is -0.860. The summed E-state index contributed by atoms with van der Waals surface area (Å²) in [5.74, 6) is 5.47. The van der Waals surface area contributed by atoms with Crippen molar-refractivity contribution in [3.05, 3.63) is 10.3 Å². The second-order valence-electron chi connectivity index (χ2n) is 3.16. The van der Waals surface area contributed by atoms with Crippen LogP contribution in [0.2, 0.25) is 0 Å². The first-order valence-corrected chi connectivity index (χ1v) is 4.50. The number of nitrogens with zero attached hydrogens (tertiary/aromatic N) is 3. The van der Waals surface area contributed by atoms with Gasteiger partial charge in [0.25, 0.3) is 0 Å². The Bertz CT molecular complexity index is 347. The van der Waals surface area contributed by atoms with Crippen LogP contribution in [0.1, 0.15) is 19.5 Å². The molecule has 0 amide bonds. The van der Waals surface area contributed by atoms with Gasteiger partial charge in [-0.1, -0.05) is 11.1 Å². The maximum absolute atomic E-state index is 9.36. The second-order valence-corrected chi connectivity index (χ2v) is 3.91. The van der Waals surface area contributed by atoms with Gasteiger partial charge in [0.15, 0.2) is 4.60 Å². The van der Waals surface area contributed by atoms with Crippen molar-refractivity contribution in [3.8, 4) is 11.8 Å². The van der Waals surface area contributed by atoms with E-state index in [-0.39, 0.29) is 0 Å². The van der Waals surface area contributed by atoms with Gasteiger partial charge in [-0.25, -0.2) is 4.68 Å². The van der Waals surface area contributed by atoms with E-state index in [4.69, 9.17) is 0 Å². The standard InChI is InChI=1S/C8H10BrN3O/c1-8(2,13)5-4-6-7(9)10-11-12(6)3/h13H,1-3H3. The van der Waals surface area contributed by atoms with Crippen molar-refractivity contribution < 1.29 is 5.11 Å². The molecule has 70 valence electrons. The van der Waals surface area contributed by atoms with Crippen molar-refractivity contribution in [2.24, 2.45) is 7.05 Å². The Balaban J connectivity index is 3.02. The van der Waals surface area contributed by atoms with Crippen molar-refractivity contribution in [2.45, 2.75) is 19.4 Å². The van der Waals surface area contributed by atoms with E-state index < -0.39 is 5.60 Å². The molecule has 0 saturated carbocycles. The summed E-state index contributed by atoms with van der Waals surface area (Å²) in [5, 5.41) is 16.9. The predicted molar refractivity (Wildman–Crippen MR) is 51.9 cm³/mol. The van der Waals surface area contributed by atoms with E-state index in [1.807, 2.05) is 0 Å². The maximum Gasteiger partial charge on any atom is 0.164 e. The highest BCUT2D eigenvalue weighted by molar-refractivity contribution is 9.10. The van der Waals surface area contributed by atoms with Crippen molar-refractivity contribution in [2.75, 3.05) is 0 Å². The molecule has 0 bridgehead atoms. The molecule has 0 fully saturated rings. The summed E-state index contributed by atoms with van der Waals surface area (Å²) in [5.41, 5.74) is -0.342. The van der Waals surface area contributed by atoms with Crippen LogP contribution in [0.5, 0.6) is 0 Å². The lowest BCUT2D eigenvalue weighted by Crippen LogP contribution is -2.14. The Kier molecular flexibility index (Phi) is 2.74. The molecule has 0 radical (unpaired) electrons. The first-order chi connectivity index (χ1) is 5.90. The van der Waals surface area contributed by atoms with Crippen LogP contribution in [0.25, 0.3) is 0 Å². The third-order valence-electron chi connectivity index (χ3n) is 1.27. The number of hydrogen-bond acceptors (Lipinski definition) is 3. The highest BCUT2D eigenvalue weighted by atomic mass is 79.9. The lowest BCUT2D eigenvalue weighted by molar-refractivity contribution is 0.143. The molecular weight excluding hydrogens is 234 g/mol. The van der Waals surface area contributed by atoms with E-state index in [2.05, 4.69) is 38.1 Å². The van der Waals surface area contributed by atoms with Gasteiger partial charge in [0, 0.05) is 7.05 Å². The van der Waals surface area contributed by atoms with Crippen molar-refractivity contribution in [3.63, 3.8) is 0 Å². The summed E-state index contributed by atoms with van der Waals surface area (Å²) >= 11 is 3.21. The Morgan fingerprint density at radius 2 is 2.15 bits per heavy atom. The summed E-state index contributed by atoms with van der Waals surface area (Å²) in [7, 11) is 1.74. The average molecular weight is 244 g/mol. The van der Waals surface area contributed by atoms with Crippen LogP contribution >= 0.6 is 15.9 Å². The largest absolute Gasteiger partial charge is 0.378 e. The van der Waals surface area contributed by atoms with Gasteiger partial charge >= 0.3 is 0 Å². The number of hydrogen-bond donors (Lipinski definition) is 1. The van der Waals surface area contributed by atoms with Gasteiger partial charge in [0.2, 0.25) is 0 Å². The van der Waals surface area contributed by atoms with Gasteiger partial charge in [-0.15, -0.1) is 5.10 Å². The lowest BCUT2D eigenvalue weighted by atomic mass is 10.1. The zero-order valence-electron chi connectivity index (χ0n) is 7.67. The first kappa shape index (κ1) is 10.2. The highest BCUT2D eigenvalue weighted by Gasteiger charge is 2.08. The van der Waals surface area contributed by atoms with Crippen LogP contribution in [-0.4, -0.2) is 25.7 Å². The maximum atomic E-state index is 9.36. The molecule has 0 unspecified atom stereocenters. The van der Waals surface area contributed by atoms with E-state index in [0.29, 0.717) is 10.3 Å². The van der Waals surface area contributed by atoms with Crippen LogP contribution in [0.4, 0.5) is 0 Å². The second kappa shape index (κ2) is 3.48. The quantitative estimate of drug-likeness (QED) is 0.683. The van der Waals surface area contributed by atoms with E-state index in [9.17, 15) is 5.11 Å². The van der Waals surface area contributed by atoms with Crippen LogP contribution in [0, 0.1) is 11.8 Å². The van der Waals surface area contributed by atoms with E-state index in [1.54, 1.807) is 25.6 Å². The summed E-state index contributed by atoms with van der Waals surface area (Å²) < 4.78 is 2.13. The molecule has 0 aromatic carbocycles. The fraction of sp³-hybridized carbons (Fsp3) is 0.500. The molecule has 1 aromatic heterocycles. The Morgan fingerprint density at radius 3 is 2.54 bits per heavy atom. The van der Waals surface area contributed by atoms with E-state index in [1.165, 1.54) is 0 Å². The SMILES string of the molecule is Cn1nnc(Br)c1C#CC(C)(C)O. The van der Waals surface area contributed by atoms with Gasteiger partial charge in [-0.2, -0.15) is 0 Å². The number of halogens is 1. The van der Waals surface area contributed by atoms with Crippen LogP contribution in [0.3, 0.4) is 0 Å². The Morgan fingerprint density at radius 1 is 1.54 bits per heavy atom. The lowest BCUT2D eigenvalue weighted by Gasteiger charge is -2.05. The monoisotopic (exact) mass is 243 g/mol. The van der Waals surface area contributed by atoms with Gasteiger partial charge in [-0.3, -0.25) is 0 Å². The average Bonchev–Trinajstić information content (AvgIpc) is 2.27. The minimum Gasteiger partial charge on any atom is -0.378 e.